The lowest BCUT2D eigenvalue weighted by molar-refractivity contribution is -0.138. The van der Waals surface area contributed by atoms with E-state index in [-0.39, 0.29) is 6.04 Å². The first-order valence-electron chi connectivity index (χ1n) is 6.85. The third kappa shape index (κ3) is 4.06. The number of rotatable bonds is 6. The molecule has 21 heavy (non-hydrogen) atoms. The molecule has 0 saturated heterocycles. The summed E-state index contributed by atoms with van der Waals surface area (Å²) in [6.07, 6.45) is 0. The van der Waals surface area contributed by atoms with Crippen LogP contribution in [0, 0.1) is 0 Å². The molecule has 2 atom stereocenters. The van der Waals surface area contributed by atoms with Gasteiger partial charge in [0.2, 0.25) is 0 Å². The monoisotopic (exact) mass is 303 g/mol. The molecule has 0 saturated carbocycles. The minimum absolute atomic E-state index is 0.00994. The number of aliphatic carboxylic acids is 1. The van der Waals surface area contributed by atoms with E-state index in [0.717, 1.165) is 11.1 Å². The average Bonchev–Trinajstić information content (AvgIpc) is 2.48. The molecule has 4 heteroatoms. The molecule has 2 N–H and O–H groups in total. The van der Waals surface area contributed by atoms with Crippen LogP contribution in [-0.2, 0) is 4.79 Å². The molecule has 0 aliphatic heterocycles. The fraction of sp³-hybridized carbons (Fsp3) is 0.235. The molecule has 0 aliphatic carbocycles. The quantitative estimate of drug-likeness (QED) is 0.852. The highest BCUT2D eigenvalue weighted by Gasteiger charge is 2.20. The zero-order valence-electron chi connectivity index (χ0n) is 11.8. The van der Waals surface area contributed by atoms with Gasteiger partial charge in [-0.05, 0) is 24.1 Å². The van der Waals surface area contributed by atoms with Crippen molar-refractivity contribution in [2.45, 2.75) is 18.9 Å². The number of benzene rings is 2. The molecule has 110 valence electrons. The maximum atomic E-state index is 11.4. The van der Waals surface area contributed by atoms with Crippen molar-refractivity contribution in [1.29, 1.82) is 0 Å². The molecule has 2 rings (SSSR count). The summed E-state index contributed by atoms with van der Waals surface area (Å²) in [6.45, 7) is 2.33. The Balaban J connectivity index is 2.06. The van der Waals surface area contributed by atoms with E-state index >= 15 is 0 Å². The van der Waals surface area contributed by atoms with Crippen LogP contribution in [0.5, 0.6) is 0 Å². The third-order valence-corrected chi connectivity index (χ3v) is 3.84. The number of nitrogens with one attached hydrogen (secondary N) is 1. The lowest BCUT2D eigenvalue weighted by atomic mass is 9.98. The predicted octanol–water partition coefficient (Wildman–Crippen LogP) is 3.86. The van der Waals surface area contributed by atoms with Crippen LogP contribution in [-0.4, -0.2) is 17.6 Å². The Morgan fingerprint density at radius 1 is 1.14 bits per heavy atom. The molecule has 3 nitrogen and oxygen atoms in total. The van der Waals surface area contributed by atoms with E-state index in [1.165, 1.54) is 0 Å². The van der Waals surface area contributed by atoms with E-state index in [4.69, 9.17) is 11.6 Å². The molecular formula is C17H18ClNO2. The number of hydrogen-bond acceptors (Lipinski definition) is 2. The molecule has 0 radical (unpaired) electrons. The third-order valence-electron chi connectivity index (χ3n) is 3.50. The van der Waals surface area contributed by atoms with Crippen molar-refractivity contribution >= 4 is 17.6 Å². The van der Waals surface area contributed by atoms with Gasteiger partial charge in [-0.3, -0.25) is 4.79 Å². The highest BCUT2D eigenvalue weighted by atomic mass is 35.5. The Morgan fingerprint density at radius 2 is 1.76 bits per heavy atom. The van der Waals surface area contributed by atoms with Gasteiger partial charge in [0.05, 0.1) is 5.92 Å². The van der Waals surface area contributed by atoms with Crippen molar-refractivity contribution in [2.75, 3.05) is 6.54 Å². The van der Waals surface area contributed by atoms with E-state index in [1.807, 2.05) is 61.5 Å². The number of carbonyl (C=O) groups is 1. The first-order valence-corrected chi connectivity index (χ1v) is 7.23. The Kier molecular flexibility index (Phi) is 5.37. The van der Waals surface area contributed by atoms with Gasteiger partial charge in [-0.25, -0.2) is 0 Å². The van der Waals surface area contributed by atoms with Crippen molar-refractivity contribution in [3.63, 3.8) is 0 Å². The van der Waals surface area contributed by atoms with Gasteiger partial charge in [0, 0.05) is 17.6 Å². The van der Waals surface area contributed by atoms with Crippen LogP contribution in [0.3, 0.4) is 0 Å². The van der Waals surface area contributed by atoms with Crippen molar-refractivity contribution in [2.24, 2.45) is 0 Å². The van der Waals surface area contributed by atoms with E-state index in [1.54, 1.807) is 0 Å². The second-order valence-electron chi connectivity index (χ2n) is 4.95. The maximum absolute atomic E-state index is 11.4. The maximum Gasteiger partial charge on any atom is 0.312 e. The zero-order valence-corrected chi connectivity index (χ0v) is 12.5. The molecule has 0 fully saturated rings. The number of halogens is 1. The highest BCUT2D eigenvalue weighted by molar-refractivity contribution is 6.31. The SMILES string of the molecule is C[C@@H](NCC(C(=O)O)c1ccccc1)c1ccccc1Cl. The molecule has 0 spiro atoms. The lowest BCUT2D eigenvalue weighted by Gasteiger charge is -2.19. The van der Waals surface area contributed by atoms with Crippen LogP contribution in [0.25, 0.3) is 0 Å². The van der Waals surface area contributed by atoms with Crippen molar-refractivity contribution in [1.82, 2.24) is 5.32 Å². The summed E-state index contributed by atoms with van der Waals surface area (Å²) < 4.78 is 0. The van der Waals surface area contributed by atoms with Gasteiger partial charge in [0.25, 0.3) is 0 Å². The van der Waals surface area contributed by atoms with Crippen LogP contribution < -0.4 is 5.32 Å². The smallest absolute Gasteiger partial charge is 0.312 e. The Morgan fingerprint density at radius 3 is 2.38 bits per heavy atom. The summed E-state index contributed by atoms with van der Waals surface area (Å²) in [5, 5.41) is 13.3. The Bertz CT molecular complexity index is 601. The number of carboxylic acid groups (broad SMARTS) is 1. The van der Waals surface area contributed by atoms with Gasteiger partial charge >= 0.3 is 5.97 Å². The first kappa shape index (κ1) is 15.5. The molecule has 2 aromatic carbocycles. The minimum atomic E-state index is -0.833. The topological polar surface area (TPSA) is 49.3 Å². The van der Waals surface area contributed by atoms with Crippen LogP contribution in [0.1, 0.15) is 30.0 Å². The Labute approximate surface area is 129 Å². The largest absolute Gasteiger partial charge is 0.481 e. The summed E-state index contributed by atoms with van der Waals surface area (Å²) in [7, 11) is 0. The standard InChI is InChI=1S/C17H18ClNO2/c1-12(14-9-5-6-10-16(14)18)19-11-15(17(20)21)13-7-3-2-4-8-13/h2-10,12,15,19H,11H2,1H3,(H,20,21)/t12-,15?/m1/s1. The molecule has 0 bridgehead atoms. The van der Waals surface area contributed by atoms with Gasteiger partial charge in [0.1, 0.15) is 0 Å². The second kappa shape index (κ2) is 7.25. The van der Waals surface area contributed by atoms with Crippen molar-refractivity contribution in [3.05, 3.63) is 70.7 Å². The average molecular weight is 304 g/mol. The molecule has 2 aromatic rings. The van der Waals surface area contributed by atoms with Gasteiger partial charge in [-0.2, -0.15) is 0 Å². The van der Waals surface area contributed by atoms with Gasteiger partial charge in [-0.1, -0.05) is 60.1 Å². The zero-order chi connectivity index (χ0) is 15.2. The molecule has 0 amide bonds. The van der Waals surface area contributed by atoms with E-state index in [9.17, 15) is 9.90 Å². The van der Waals surface area contributed by atoms with Crippen molar-refractivity contribution < 1.29 is 9.90 Å². The van der Waals surface area contributed by atoms with E-state index in [0.29, 0.717) is 11.6 Å². The van der Waals surface area contributed by atoms with Gasteiger partial charge in [-0.15, -0.1) is 0 Å². The molecule has 1 unspecified atom stereocenters. The summed E-state index contributed by atoms with van der Waals surface area (Å²) in [4.78, 5) is 11.4. The molecule has 0 aromatic heterocycles. The lowest BCUT2D eigenvalue weighted by Crippen LogP contribution is -2.29. The summed E-state index contributed by atoms with van der Waals surface area (Å²) in [5.74, 6) is -1.41. The highest BCUT2D eigenvalue weighted by Crippen LogP contribution is 2.23. The van der Waals surface area contributed by atoms with Crippen molar-refractivity contribution in [3.8, 4) is 0 Å². The molecular weight excluding hydrogens is 286 g/mol. The minimum Gasteiger partial charge on any atom is -0.481 e. The van der Waals surface area contributed by atoms with Gasteiger partial charge < -0.3 is 10.4 Å². The fourth-order valence-electron chi connectivity index (χ4n) is 2.26. The summed E-state index contributed by atoms with van der Waals surface area (Å²) in [6, 6.07) is 16.8. The normalized spacial score (nSPS) is 13.6. The summed E-state index contributed by atoms with van der Waals surface area (Å²) in [5.41, 5.74) is 1.76. The van der Waals surface area contributed by atoms with Crippen LogP contribution >= 0.6 is 11.6 Å². The summed E-state index contributed by atoms with van der Waals surface area (Å²) >= 11 is 6.16. The molecule has 0 heterocycles. The number of carboxylic acids is 1. The van der Waals surface area contributed by atoms with Crippen LogP contribution in [0.4, 0.5) is 0 Å². The van der Waals surface area contributed by atoms with Crippen LogP contribution in [0.15, 0.2) is 54.6 Å². The van der Waals surface area contributed by atoms with Crippen LogP contribution in [0.2, 0.25) is 5.02 Å². The van der Waals surface area contributed by atoms with Gasteiger partial charge in [0.15, 0.2) is 0 Å². The molecule has 0 aliphatic rings. The van der Waals surface area contributed by atoms with E-state index < -0.39 is 11.9 Å². The number of hydrogen-bond donors (Lipinski definition) is 2. The second-order valence-corrected chi connectivity index (χ2v) is 5.36. The first-order chi connectivity index (χ1) is 10.1. The Hall–Kier alpha value is -1.84. The fourth-order valence-corrected chi connectivity index (χ4v) is 2.56. The predicted molar refractivity (Wildman–Crippen MR) is 84.7 cm³/mol. The van der Waals surface area contributed by atoms with E-state index in [2.05, 4.69) is 5.32 Å².